The highest BCUT2D eigenvalue weighted by atomic mass is 16.5. The first-order valence-corrected chi connectivity index (χ1v) is 6.49. The predicted octanol–water partition coefficient (Wildman–Crippen LogP) is 2.11. The molecule has 20 heavy (non-hydrogen) atoms. The van der Waals surface area contributed by atoms with Crippen molar-refractivity contribution >= 4 is 17.5 Å². The molecule has 0 aromatic heterocycles. The topological polar surface area (TPSA) is 67.4 Å². The summed E-state index contributed by atoms with van der Waals surface area (Å²) < 4.78 is 5.41. The van der Waals surface area contributed by atoms with Gasteiger partial charge < -0.3 is 15.4 Å². The van der Waals surface area contributed by atoms with Crippen LogP contribution in [0.15, 0.2) is 18.2 Å². The van der Waals surface area contributed by atoms with Gasteiger partial charge in [0.15, 0.2) is 0 Å². The molecule has 1 rings (SSSR count). The first-order chi connectivity index (χ1) is 9.23. The van der Waals surface area contributed by atoms with E-state index >= 15 is 0 Å². The molecule has 1 aromatic rings. The largest absolute Gasteiger partial charge is 0.366 e. The smallest absolute Gasteiger partial charge is 0.251 e. The molecule has 0 heterocycles. The molecule has 0 fully saturated rings. The molecule has 5 nitrogen and oxygen atoms in total. The van der Waals surface area contributed by atoms with Crippen LogP contribution >= 0.6 is 0 Å². The first-order valence-electron chi connectivity index (χ1n) is 6.49. The fourth-order valence-electron chi connectivity index (χ4n) is 1.56. The summed E-state index contributed by atoms with van der Waals surface area (Å²) in [4.78, 5) is 23.3. The van der Waals surface area contributed by atoms with Crippen molar-refractivity contribution in [1.82, 2.24) is 5.32 Å². The highest BCUT2D eigenvalue weighted by Crippen LogP contribution is 2.17. The lowest BCUT2D eigenvalue weighted by Gasteiger charge is -2.19. The molecule has 0 saturated heterocycles. The lowest BCUT2D eigenvalue weighted by atomic mass is 10.1. The van der Waals surface area contributed by atoms with E-state index in [9.17, 15) is 9.59 Å². The fourth-order valence-corrected chi connectivity index (χ4v) is 1.56. The zero-order valence-corrected chi connectivity index (χ0v) is 12.7. The van der Waals surface area contributed by atoms with Gasteiger partial charge in [-0.25, -0.2) is 0 Å². The van der Waals surface area contributed by atoms with Crippen LogP contribution in [0.5, 0.6) is 0 Å². The summed E-state index contributed by atoms with van der Waals surface area (Å²) in [5, 5.41) is 5.33. The Morgan fingerprint density at radius 2 is 1.90 bits per heavy atom. The molecule has 0 saturated carbocycles. The van der Waals surface area contributed by atoms with Crippen molar-refractivity contribution in [2.75, 3.05) is 19.0 Å². The maximum atomic E-state index is 11.8. The second-order valence-electron chi connectivity index (χ2n) is 5.56. The first kappa shape index (κ1) is 16.2. The minimum atomic E-state index is -0.352. The van der Waals surface area contributed by atoms with E-state index in [-0.39, 0.29) is 24.0 Å². The van der Waals surface area contributed by atoms with Gasteiger partial charge in [0.05, 0.1) is 5.60 Å². The number of hydrogen-bond donors (Lipinski definition) is 2. The monoisotopic (exact) mass is 278 g/mol. The number of carbonyl (C=O) groups is 2. The number of aryl methyl sites for hydroxylation is 1. The number of nitrogens with one attached hydrogen (secondary N) is 2. The summed E-state index contributed by atoms with van der Waals surface area (Å²) >= 11 is 0. The maximum Gasteiger partial charge on any atom is 0.251 e. The predicted molar refractivity (Wildman–Crippen MR) is 78.9 cm³/mol. The third kappa shape index (κ3) is 5.01. The summed E-state index contributed by atoms with van der Waals surface area (Å²) in [5.41, 5.74) is 1.72. The van der Waals surface area contributed by atoms with Gasteiger partial charge in [-0.05, 0) is 51.5 Å². The normalized spacial score (nSPS) is 11.1. The number of anilines is 1. The number of hydrogen-bond acceptors (Lipinski definition) is 3. The van der Waals surface area contributed by atoms with Crippen LogP contribution in [0.2, 0.25) is 0 Å². The number of carbonyl (C=O) groups excluding carboxylic acids is 2. The molecule has 1 aromatic carbocycles. The molecule has 0 aliphatic carbocycles. The Balaban J connectivity index is 2.69. The quantitative estimate of drug-likeness (QED) is 0.886. The maximum absolute atomic E-state index is 11.8. The van der Waals surface area contributed by atoms with E-state index in [0.717, 1.165) is 5.56 Å². The number of rotatable bonds is 4. The van der Waals surface area contributed by atoms with Crippen LogP contribution in [-0.4, -0.2) is 31.1 Å². The molecule has 0 spiro atoms. The highest BCUT2D eigenvalue weighted by molar-refractivity contribution is 5.96. The Bertz CT molecular complexity index is 504. The molecule has 0 atom stereocenters. The summed E-state index contributed by atoms with van der Waals surface area (Å²) in [6.45, 7) is 7.52. The Morgan fingerprint density at radius 3 is 2.40 bits per heavy atom. The van der Waals surface area contributed by atoms with Crippen molar-refractivity contribution in [3.05, 3.63) is 29.3 Å². The lowest BCUT2D eigenvalue weighted by Crippen LogP contribution is -2.27. The van der Waals surface area contributed by atoms with Crippen LogP contribution in [0, 0.1) is 6.92 Å². The SMILES string of the molecule is CNC(=O)c1ccc(NC(=O)COC(C)(C)C)c(C)c1. The Morgan fingerprint density at radius 1 is 1.25 bits per heavy atom. The average Bonchev–Trinajstić information content (AvgIpc) is 2.37. The van der Waals surface area contributed by atoms with Crippen LogP contribution in [0.4, 0.5) is 5.69 Å². The molecular formula is C15H22N2O3. The summed E-state index contributed by atoms with van der Waals surface area (Å²) in [6, 6.07) is 5.13. The van der Waals surface area contributed by atoms with E-state index in [1.807, 2.05) is 27.7 Å². The molecule has 2 N–H and O–H groups in total. The van der Waals surface area contributed by atoms with Gasteiger partial charge in [0.25, 0.3) is 5.91 Å². The van der Waals surface area contributed by atoms with Gasteiger partial charge >= 0.3 is 0 Å². The van der Waals surface area contributed by atoms with Crippen molar-refractivity contribution in [1.29, 1.82) is 0 Å². The molecule has 0 aliphatic heterocycles. The summed E-state index contributed by atoms with van der Waals surface area (Å²) in [7, 11) is 1.58. The van der Waals surface area contributed by atoms with Gasteiger partial charge in [0.1, 0.15) is 6.61 Å². The van der Waals surface area contributed by atoms with Gasteiger partial charge in [-0.1, -0.05) is 0 Å². The highest BCUT2D eigenvalue weighted by Gasteiger charge is 2.14. The Labute approximate surface area is 119 Å². The van der Waals surface area contributed by atoms with Crippen LogP contribution in [-0.2, 0) is 9.53 Å². The molecule has 0 radical (unpaired) electrons. The Kier molecular flexibility index (Phi) is 5.27. The molecular weight excluding hydrogens is 256 g/mol. The van der Waals surface area contributed by atoms with Gasteiger partial charge in [-0.3, -0.25) is 9.59 Å². The van der Waals surface area contributed by atoms with Crippen LogP contribution in [0.1, 0.15) is 36.7 Å². The minimum absolute atomic E-state index is 0.000136. The fraction of sp³-hybridized carbons (Fsp3) is 0.467. The Hall–Kier alpha value is -1.88. The third-order valence-corrected chi connectivity index (χ3v) is 2.63. The van der Waals surface area contributed by atoms with Gasteiger partial charge in [0.2, 0.25) is 5.91 Å². The van der Waals surface area contributed by atoms with Gasteiger partial charge in [-0.2, -0.15) is 0 Å². The molecule has 0 aliphatic rings. The second kappa shape index (κ2) is 6.52. The van der Waals surface area contributed by atoms with Crippen molar-refractivity contribution in [3.8, 4) is 0 Å². The van der Waals surface area contributed by atoms with E-state index in [0.29, 0.717) is 11.3 Å². The van der Waals surface area contributed by atoms with Crippen molar-refractivity contribution in [2.45, 2.75) is 33.3 Å². The van der Waals surface area contributed by atoms with E-state index in [2.05, 4.69) is 10.6 Å². The van der Waals surface area contributed by atoms with Crippen LogP contribution in [0.3, 0.4) is 0 Å². The zero-order valence-electron chi connectivity index (χ0n) is 12.7. The van der Waals surface area contributed by atoms with E-state index in [1.165, 1.54) is 0 Å². The summed E-state index contributed by atoms with van der Waals surface area (Å²) in [5.74, 6) is -0.363. The molecule has 0 bridgehead atoms. The van der Waals surface area contributed by atoms with Crippen LogP contribution in [0.25, 0.3) is 0 Å². The van der Waals surface area contributed by atoms with Crippen LogP contribution < -0.4 is 10.6 Å². The molecule has 2 amide bonds. The van der Waals surface area contributed by atoms with Gasteiger partial charge in [0, 0.05) is 18.3 Å². The minimum Gasteiger partial charge on any atom is -0.366 e. The lowest BCUT2D eigenvalue weighted by molar-refractivity contribution is -0.125. The third-order valence-electron chi connectivity index (χ3n) is 2.63. The summed E-state index contributed by atoms with van der Waals surface area (Å²) in [6.07, 6.45) is 0. The zero-order chi connectivity index (χ0) is 15.3. The molecule has 0 unspecified atom stereocenters. The van der Waals surface area contributed by atoms with E-state index in [1.54, 1.807) is 25.2 Å². The van der Waals surface area contributed by atoms with Crippen molar-refractivity contribution in [2.24, 2.45) is 0 Å². The number of benzene rings is 1. The second-order valence-corrected chi connectivity index (χ2v) is 5.56. The molecule has 5 heteroatoms. The standard InChI is InChI=1S/C15H22N2O3/c1-10-8-11(14(19)16-5)6-7-12(10)17-13(18)9-20-15(2,3)4/h6-8H,9H2,1-5H3,(H,16,19)(H,17,18). The van der Waals surface area contributed by atoms with Crippen molar-refractivity contribution in [3.63, 3.8) is 0 Å². The number of amides is 2. The van der Waals surface area contributed by atoms with E-state index in [4.69, 9.17) is 4.74 Å². The van der Waals surface area contributed by atoms with Crippen molar-refractivity contribution < 1.29 is 14.3 Å². The molecule has 110 valence electrons. The van der Waals surface area contributed by atoms with E-state index < -0.39 is 0 Å². The van der Waals surface area contributed by atoms with Gasteiger partial charge in [-0.15, -0.1) is 0 Å². The number of ether oxygens (including phenoxy) is 1. The average molecular weight is 278 g/mol.